The number of carbonyl (C=O) groups excluding carboxylic acids is 2. The normalized spacial score (nSPS) is 22.1. The van der Waals surface area contributed by atoms with Gasteiger partial charge in [-0.3, -0.25) is 19.7 Å². The summed E-state index contributed by atoms with van der Waals surface area (Å²) in [6.45, 7) is -0.0975. The fraction of sp³-hybridized carbons (Fsp3) is 0.579. The molecule has 0 N–H and O–H groups in total. The highest BCUT2D eigenvalue weighted by Crippen LogP contribution is 2.34. The quantitative estimate of drug-likeness (QED) is 0.413. The fourth-order valence-electron chi connectivity index (χ4n) is 3.59. The minimum absolute atomic E-state index is 0.0578. The summed E-state index contributed by atoms with van der Waals surface area (Å²) in [5.41, 5.74) is 0.803. The first-order chi connectivity index (χ1) is 13.0. The maximum Gasteiger partial charge on any atom is 0.316 e. The van der Waals surface area contributed by atoms with Gasteiger partial charge in [0.05, 0.1) is 0 Å². The number of halogens is 1. The van der Waals surface area contributed by atoms with Gasteiger partial charge in [0.25, 0.3) is 5.91 Å². The number of ether oxygens (including phenoxy) is 1. The molecule has 0 heterocycles. The lowest BCUT2D eigenvalue weighted by Crippen LogP contribution is -2.43. The Morgan fingerprint density at radius 3 is 2.44 bits per heavy atom. The monoisotopic (exact) mass is 378 g/mol. The van der Waals surface area contributed by atoms with E-state index in [1.54, 1.807) is 17.0 Å². The molecule has 0 spiro atoms. The van der Waals surface area contributed by atoms with Gasteiger partial charge in [0.1, 0.15) is 11.7 Å². The Morgan fingerprint density at radius 2 is 1.85 bits per heavy atom. The molecule has 0 aliphatic heterocycles. The molecule has 1 amide bonds. The van der Waals surface area contributed by atoms with Crippen LogP contribution in [0.5, 0.6) is 0 Å². The fourth-order valence-corrected chi connectivity index (χ4v) is 3.59. The van der Waals surface area contributed by atoms with Gasteiger partial charge in [-0.15, -0.1) is 0 Å². The van der Waals surface area contributed by atoms with Crippen LogP contribution in [0.1, 0.15) is 44.1 Å². The third kappa shape index (κ3) is 5.02. The first-order valence-electron chi connectivity index (χ1n) is 9.29. The molecule has 8 heteroatoms. The van der Waals surface area contributed by atoms with Gasteiger partial charge in [-0.25, -0.2) is 4.39 Å². The minimum Gasteiger partial charge on any atom is -0.455 e. The molecule has 2 atom stereocenters. The van der Waals surface area contributed by atoms with E-state index in [2.05, 4.69) is 0 Å². The highest BCUT2D eigenvalue weighted by molar-refractivity contribution is 5.82. The zero-order valence-electron chi connectivity index (χ0n) is 15.0. The van der Waals surface area contributed by atoms with Gasteiger partial charge < -0.3 is 9.64 Å². The van der Waals surface area contributed by atoms with E-state index in [0.29, 0.717) is 6.54 Å². The van der Waals surface area contributed by atoms with Crippen LogP contribution in [0.4, 0.5) is 4.39 Å². The SMILES string of the molecule is O=C(OCC(=O)N(Cc1ccc(F)cc1)C1CCCCC1)C1CC1[N+](=O)[O-]. The van der Waals surface area contributed by atoms with Crippen molar-refractivity contribution >= 4 is 11.9 Å². The molecule has 1 aromatic carbocycles. The number of amides is 1. The molecule has 3 rings (SSSR count). The van der Waals surface area contributed by atoms with Crippen LogP contribution in [-0.4, -0.2) is 40.4 Å². The Hall–Kier alpha value is -2.51. The van der Waals surface area contributed by atoms with Crippen LogP contribution in [0, 0.1) is 21.8 Å². The van der Waals surface area contributed by atoms with Gasteiger partial charge in [0.2, 0.25) is 6.04 Å². The number of carbonyl (C=O) groups is 2. The van der Waals surface area contributed by atoms with Crippen LogP contribution in [0.3, 0.4) is 0 Å². The number of hydrogen-bond acceptors (Lipinski definition) is 5. The van der Waals surface area contributed by atoms with E-state index < -0.39 is 29.5 Å². The second-order valence-corrected chi connectivity index (χ2v) is 7.24. The van der Waals surface area contributed by atoms with Crippen molar-refractivity contribution in [1.82, 2.24) is 4.90 Å². The van der Waals surface area contributed by atoms with Crippen LogP contribution in [0.15, 0.2) is 24.3 Å². The number of nitro groups is 1. The Balaban J connectivity index is 1.60. The summed E-state index contributed by atoms with van der Waals surface area (Å²) >= 11 is 0. The van der Waals surface area contributed by atoms with E-state index in [1.165, 1.54) is 12.1 Å². The first kappa shape index (κ1) is 19.3. The van der Waals surface area contributed by atoms with Crippen LogP contribution in [0.2, 0.25) is 0 Å². The number of rotatable bonds is 7. The Labute approximate surface area is 156 Å². The highest BCUT2D eigenvalue weighted by atomic mass is 19.1. The van der Waals surface area contributed by atoms with E-state index in [-0.39, 0.29) is 24.2 Å². The molecule has 0 bridgehead atoms. The van der Waals surface area contributed by atoms with Gasteiger partial charge in [-0.2, -0.15) is 0 Å². The zero-order chi connectivity index (χ0) is 19.4. The molecular weight excluding hydrogens is 355 g/mol. The van der Waals surface area contributed by atoms with E-state index in [1.807, 2.05) is 0 Å². The molecule has 2 saturated carbocycles. The van der Waals surface area contributed by atoms with Crippen LogP contribution >= 0.6 is 0 Å². The van der Waals surface area contributed by atoms with Crippen molar-refractivity contribution in [3.05, 3.63) is 45.8 Å². The van der Waals surface area contributed by atoms with E-state index >= 15 is 0 Å². The van der Waals surface area contributed by atoms with Crippen molar-refractivity contribution in [2.45, 2.75) is 57.2 Å². The molecule has 1 aromatic rings. The summed E-state index contributed by atoms with van der Waals surface area (Å²) in [5, 5.41) is 10.7. The largest absolute Gasteiger partial charge is 0.455 e. The van der Waals surface area contributed by atoms with Crippen molar-refractivity contribution in [2.24, 2.45) is 5.92 Å². The number of esters is 1. The third-order valence-corrected chi connectivity index (χ3v) is 5.27. The van der Waals surface area contributed by atoms with Crippen molar-refractivity contribution in [3.63, 3.8) is 0 Å². The lowest BCUT2D eigenvalue weighted by Gasteiger charge is -2.34. The Kier molecular flexibility index (Phi) is 6.03. The van der Waals surface area contributed by atoms with Crippen molar-refractivity contribution in [3.8, 4) is 0 Å². The summed E-state index contributed by atoms with van der Waals surface area (Å²) in [7, 11) is 0. The summed E-state index contributed by atoms with van der Waals surface area (Å²) in [6.07, 6.45) is 5.13. The van der Waals surface area contributed by atoms with Crippen LogP contribution < -0.4 is 0 Å². The van der Waals surface area contributed by atoms with Gasteiger partial charge in [0, 0.05) is 23.9 Å². The number of nitrogens with zero attached hydrogens (tertiary/aromatic N) is 2. The van der Waals surface area contributed by atoms with Crippen molar-refractivity contribution < 1.29 is 23.6 Å². The molecule has 0 aromatic heterocycles. The average molecular weight is 378 g/mol. The van der Waals surface area contributed by atoms with Crippen LogP contribution in [-0.2, 0) is 20.9 Å². The molecular formula is C19H23FN2O5. The average Bonchev–Trinajstić information content (AvgIpc) is 3.47. The second kappa shape index (κ2) is 8.45. The molecule has 2 aliphatic carbocycles. The van der Waals surface area contributed by atoms with Gasteiger partial charge >= 0.3 is 5.97 Å². The highest BCUT2D eigenvalue weighted by Gasteiger charge is 2.54. The molecule has 27 heavy (non-hydrogen) atoms. The van der Waals surface area contributed by atoms with Gasteiger partial charge in [-0.1, -0.05) is 31.4 Å². The Morgan fingerprint density at radius 1 is 1.19 bits per heavy atom. The second-order valence-electron chi connectivity index (χ2n) is 7.24. The molecule has 0 radical (unpaired) electrons. The molecule has 2 aliphatic rings. The summed E-state index contributed by atoms with van der Waals surface area (Å²) in [6, 6.07) is 5.14. The van der Waals surface area contributed by atoms with Crippen molar-refractivity contribution in [2.75, 3.05) is 6.61 Å². The molecule has 2 fully saturated rings. The summed E-state index contributed by atoms with van der Waals surface area (Å²) in [5.74, 6) is -2.09. The number of hydrogen-bond donors (Lipinski definition) is 0. The van der Waals surface area contributed by atoms with Gasteiger partial charge in [0.15, 0.2) is 6.61 Å². The minimum atomic E-state index is -0.888. The van der Waals surface area contributed by atoms with E-state index in [0.717, 1.165) is 37.7 Å². The summed E-state index contributed by atoms with van der Waals surface area (Å²) in [4.78, 5) is 36.5. The predicted octanol–water partition coefficient (Wildman–Crippen LogP) is 2.70. The maximum atomic E-state index is 13.1. The molecule has 7 nitrogen and oxygen atoms in total. The van der Waals surface area contributed by atoms with E-state index in [4.69, 9.17) is 4.74 Å². The first-order valence-corrected chi connectivity index (χ1v) is 9.29. The topological polar surface area (TPSA) is 89.8 Å². The smallest absolute Gasteiger partial charge is 0.316 e. The zero-order valence-corrected chi connectivity index (χ0v) is 15.0. The lowest BCUT2D eigenvalue weighted by atomic mass is 9.93. The van der Waals surface area contributed by atoms with E-state index in [9.17, 15) is 24.1 Å². The van der Waals surface area contributed by atoms with Crippen molar-refractivity contribution in [1.29, 1.82) is 0 Å². The Bertz CT molecular complexity index is 703. The predicted molar refractivity (Wildman–Crippen MR) is 93.7 cm³/mol. The lowest BCUT2D eigenvalue weighted by molar-refractivity contribution is -0.497. The molecule has 146 valence electrons. The molecule has 0 saturated heterocycles. The third-order valence-electron chi connectivity index (χ3n) is 5.27. The number of benzene rings is 1. The standard InChI is InChI=1S/C19H23FN2O5/c20-14-8-6-13(7-9-14)11-21(15-4-2-1-3-5-15)18(23)12-27-19(24)16-10-17(16)22(25)26/h6-9,15-17H,1-5,10-12H2. The van der Waals surface area contributed by atoms with Crippen LogP contribution in [0.25, 0.3) is 0 Å². The molecule has 2 unspecified atom stereocenters. The summed E-state index contributed by atoms with van der Waals surface area (Å²) < 4.78 is 18.2. The van der Waals surface area contributed by atoms with Gasteiger partial charge in [-0.05, 0) is 30.5 Å². The maximum absolute atomic E-state index is 13.1.